The summed E-state index contributed by atoms with van der Waals surface area (Å²) < 4.78 is 30.4. The number of nitrogens with two attached hydrogens (primary N) is 2. The Hall–Kier alpha value is -1.80. The number of hydrogen-bond donors (Lipinski definition) is 4. The van der Waals surface area contributed by atoms with Gasteiger partial charge in [-0.1, -0.05) is 0 Å². The molecule has 0 radical (unpaired) electrons. The molecule has 0 saturated carbocycles. The van der Waals surface area contributed by atoms with Gasteiger partial charge >= 0.3 is 5.97 Å². The van der Waals surface area contributed by atoms with Crippen molar-refractivity contribution in [3.63, 3.8) is 0 Å². The number of benzene rings is 1. The number of aromatic carboxylic acids is 1. The second kappa shape index (κ2) is 3.41. The second-order valence-electron chi connectivity index (χ2n) is 2.76. The molecule has 0 aromatic heterocycles. The van der Waals surface area contributed by atoms with Crippen LogP contribution in [0.1, 0.15) is 10.4 Å². The molecule has 0 atom stereocenters. The van der Waals surface area contributed by atoms with Gasteiger partial charge in [-0.3, -0.25) is 4.55 Å². The highest BCUT2D eigenvalue weighted by molar-refractivity contribution is 7.86. The fourth-order valence-corrected chi connectivity index (χ4v) is 1.66. The van der Waals surface area contributed by atoms with Crippen molar-refractivity contribution in [2.45, 2.75) is 4.90 Å². The molecule has 0 bridgehead atoms. The quantitative estimate of drug-likeness (QED) is 0.408. The van der Waals surface area contributed by atoms with Crippen LogP contribution in [-0.2, 0) is 10.1 Å². The van der Waals surface area contributed by atoms with E-state index in [1.54, 1.807) is 0 Å². The van der Waals surface area contributed by atoms with Gasteiger partial charge in [0.2, 0.25) is 0 Å². The van der Waals surface area contributed by atoms with Crippen LogP contribution in [0.2, 0.25) is 0 Å². The lowest BCUT2D eigenvalue weighted by atomic mass is 10.2. The van der Waals surface area contributed by atoms with Gasteiger partial charge in [0.1, 0.15) is 4.90 Å². The van der Waals surface area contributed by atoms with Crippen molar-refractivity contribution in [2.24, 2.45) is 0 Å². The van der Waals surface area contributed by atoms with Gasteiger partial charge in [-0.05, 0) is 12.1 Å². The van der Waals surface area contributed by atoms with E-state index in [4.69, 9.17) is 21.1 Å². The zero-order valence-corrected chi connectivity index (χ0v) is 8.15. The number of carbonyl (C=O) groups is 1. The van der Waals surface area contributed by atoms with Crippen LogP contribution in [0.25, 0.3) is 0 Å². The standard InChI is InChI=1S/C7H8N2O5S/c8-4-1-3(7(10)11)2-5(6(4)9)15(12,13)14/h1-2H,8-9H2,(H,10,11)(H,12,13,14). The van der Waals surface area contributed by atoms with Crippen molar-refractivity contribution >= 4 is 27.5 Å². The Balaban J connectivity index is 3.59. The van der Waals surface area contributed by atoms with E-state index < -0.39 is 21.0 Å². The van der Waals surface area contributed by atoms with Crippen molar-refractivity contribution in [3.05, 3.63) is 17.7 Å². The molecule has 0 saturated heterocycles. The summed E-state index contributed by atoms with van der Waals surface area (Å²) in [6, 6.07) is 1.75. The summed E-state index contributed by atoms with van der Waals surface area (Å²) in [5.41, 5.74) is 9.61. The number of rotatable bonds is 2. The van der Waals surface area contributed by atoms with Crippen molar-refractivity contribution in [3.8, 4) is 0 Å². The van der Waals surface area contributed by atoms with Gasteiger partial charge in [0.15, 0.2) is 0 Å². The SMILES string of the molecule is Nc1cc(C(=O)O)cc(S(=O)(=O)O)c1N. The summed E-state index contributed by atoms with van der Waals surface area (Å²) >= 11 is 0. The first kappa shape index (κ1) is 11.3. The van der Waals surface area contributed by atoms with Crippen LogP contribution >= 0.6 is 0 Å². The predicted molar refractivity (Wildman–Crippen MR) is 52.0 cm³/mol. The number of anilines is 2. The third kappa shape index (κ3) is 2.17. The Morgan fingerprint density at radius 2 is 1.80 bits per heavy atom. The van der Waals surface area contributed by atoms with Crippen molar-refractivity contribution in [1.82, 2.24) is 0 Å². The minimum Gasteiger partial charge on any atom is -0.478 e. The third-order valence-electron chi connectivity index (χ3n) is 1.70. The molecule has 6 N–H and O–H groups in total. The molecule has 0 spiro atoms. The van der Waals surface area contributed by atoms with Crippen LogP contribution < -0.4 is 11.5 Å². The van der Waals surface area contributed by atoms with Crippen LogP contribution in [0.5, 0.6) is 0 Å². The van der Waals surface area contributed by atoms with Gasteiger partial charge in [-0.2, -0.15) is 8.42 Å². The molecule has 1 aromatic carbocycles. The first-order valence-corrected chi connectivity index (χ1v) is 5.07. The maximum Gasteiger partial charge on any atom is 0.335 e. The molecule has 0 aliphatic heterocycles. The highest BCUT2D eigenvalue weighted by Crippen LogP contribution is 2.26. The molecule has 0 aliphatic rings. The van der Waals surface area contributed by atoms with Crippen molar-refractivity contribution in [2.75, 3.05) is 11.5 Å². The highest BCUT2D eigenvalue weighted by atomic mass is 32.2. The molecule has 7 nitrogen and oxygen atoms in total. The predicted octanol–water partition coefficient (Wildman–Crippen LogP) is -0.204. The molecule has 0 aliphatic carbocycles. The summed E-state index contributed by atoms with van der Waals surface area (Å²) in [5, 5.41) is 8.62. The molecule has 8 heteroatoms. The number of carboxylic acids is 1. The van der Waals surface area contributed by atoms with Crippen molar-refractivity contribution in [1.29, 1.82) is 0 Å². The van der Waals surface area contributed by atoms with E-state index in [2.05, 4.69) is 0 Å². The van der Waals surface area contributed by atoms with Gasteiger partial charge in [-0.15, -0.1) is 0 Å². The van der Waals surface area contributed by atoms with E-state index in [1.165, 1.54) is 0 Å². The molecule has 82 valence electrons. The lowest BCUT2D eigenvalue weighted by molar-refractivity contribution is 0.0696. The molecule has 0 fully saturated rings. The minimum atomic E-state index is -4.58. The molecule has 0 heterocycles. The van der Waals surface area contributed by atoms with E-state index in [0.29, 0.717) is 0 Å². The average Bonchev–Trinajstić information content (AvgIpc) is 2.06. The van der Waals surface area contributed by atoms with E-state index in [0.717, 1.165) is 12.1 Å². The van der Waals surface area contributed by atoms with Crippen LogP contribution in [0.4, 0.5) is 11.4 Å². The van der Waals surface area contributed by atoms with Crippen LogP contribution in [-0.4, -0.2) is 24.0 Å². The summed E-state index contributed by atoms with van der Waals surface area (Å²) in [7, 11) is -4.58. The van der Waals surface area contributed by atoms with Gasteiger partial charge in [-0.25, -0.2) is 4.79 Å². The maximum absolute atomic E-state index is 10.8. The third-order valence-corrected chi connectivity index (χ3v) is 2.59. The zero-order valence-electron chi connectivity index (χ0n) is 7.34. The summed E-state index contributed by atoms with van der Waals surface area (Å²) in [4.78, 5) is 9.86. The topological polar surface area (TPSA) is 144 Å². The largest absolute Gasteiger partial charge is 0.478 e. The van der Waals surface area contributed by atoms with Crippen molar-refractivity contribution < 1.29 is 22.9 Å². The van der Waals surface area contributed by atoms with E-state index in [9.17, 15) is 13.2 Å². The zero-order chi connectivity index (χ0) is 11.8. The molecule has 0 amide bonds. The lowest BCUT2D eigenvalue weighted by Crippen LogP contribution is -2.09. The van der Waals surface area contributed by atoms with Gasteiger partial charge in [0, 0.05) is 0 Å². The Labute approximate surface area is 85.1 Å². The first-order valence-electron chi connectivity index (χ1n) is 3.63. The van der Waals surface area contributed by atoms with Crippen LogP contribution in [0.15, 0.2) is 17.0 Å². The molecular weight excluding hydrogens is 224 g/mol. The minimum absolute atomic E-state index is 0.220. The summed E-state index contributed by atoms with van der Waals surface area (Å²) in [5.74, 6) is -1.37. The van der Waals surface area contributed by atoms with E-state index in [-0.39, 0.29) is 16.9 Å². The Bertz CT molecular complexity index is 522. The number of hydrogen-bond acceptors (Lipinski definition) is 5. The molecule has 1 aromatic rings. The maximum atomic E-state index is 10.8. The van der Waals surface area contributed by atoms with Gasteiger partial charge < -0.3 is 16.6 Å². The summed E-state index contributed by atoms with van der Waals surface area (Å²) in [6.07, 6.45) is 0. The molecule has 15 heavy (non-hydrogen) atoms. The second-order valence-corrected chi connectivity index (χ2v) is 4.15. The lowest BCUT2D eigenvalue weighted by Gasteiger charge is -2.06. The van der Waals surface area contributed by atoms with Crippen LogP contribution in [0.3, 0.4) is 0 Å². The molecule has 0 unspecified atom stereocenters. The van der Waals surface area contributed by atoms with E-state index >= 15 is 0 Å². The van der Waals surface area contributed by atoms with Gasteiger partial charge in [0.25, 0.3) is 10.1 Å². The van der Waals surface area contributed by atoms with E-state index in [1.807, 2.05) is 0 Å². The number of nitrogen functional groups attached to an aromatic ring is 2. The number of carboxylic acid groups (broad SMARTS) is 1. The smallest absolute Gasteiger partial charge is 0.335 e. The average molecular weight is 232 g/mol. The monoisotopic (exact) mass is 232 g/mol. The van der Waals surface area contributed by atoms with Crippen LogP contribution in [0, 0.1) is 0 Å². The fraction of sp³-hybridized carbons (Fsp3) is 0. The highest BCUT2D eigenvalue weighted by Gasteiger charge is 2.19. The summed E-state index contributed by atoms with van der Waals surface area (Å²) in [6.45, 7) is 0. The molecule has 1 rings (SSSR count). The Morgan fingerprint density at radius 1 is 1.27 bits per heavy atom. The first-order chi connectivity index (χ1) is 6.73. The Kier molecular flexibility index (Phi) is 2.56. The Morgan fingerprint density at radius 3 is 2.20 bits per heavy atom. The molecular formula is C7H8N2O5S. The van der Waals surface area contributed by atoms with Gasteiger partial charge in [0.05, 0.1) is 16.9 Å². The fourth-order valence-electron chi connectivity index (χ4n) is 0.985. The normalized spacial score (nSPS) is 11.3.